The molecule has 0 amide bonds. The standard InChI is InChI=1S/C12H27O4P.Mo/c1-4-7-9-12(6-3)11-16-17(13,14)15-10-8-5-2;/h12H,4-11H2,1-3H3,(H,13,14);. The van der Waals surface area contributed by atoms with Crippen LogP contribution in [0.1, 0.15) is 59.3 Å². The molecule has 2 unspecified atom stereocenters. The van der Waals surface area contributed by atoms with Crippen molar-refractivity contribution in [1.29, 1.82) is 0 Å². The molecule has 6 heteroatoms. The van der Waals surface area contributed by atoms with Crippen LogP contribution in [-0.4, -0.2) is 18.1 Å². The maximum Gasteiger partial charge on any atom is 0.472 e. The quantitative estimate of drug-likeness (QED) is 0.341. The van der Waals surface area contributed by atoms with Gasteiger partial charge in [0.15, 0.2) is 0 Å². The molecule has 0 bridgehead atoms. The number of rotatable bonds is 11. The molecule has 4 nitrogen and oxygen atoms in total. The molecule has 18 heavy (non-hydrogen) atoms. The molecule has 0 aromatic rings. The van der Waals surface area contributed by atoms with Crippen LogP contribution in [-0.2, 0) is 34.7 Å². The Bertz CT molecular complexity index is 226. The Labute approximate surface area is 126 Å². The molecule has 0 fully saturated rings. The first kappa shape index (κ1) is 21.1. The van der Waals surface area contributed by atoms with E-state index in [-0.39, 0.29) is 27.7 Å². The minimum atomic E-state index is -3.82. The van der Waals surface area contributed by atoms with Gasteiger partial charge >= 0.3 is 7.82 Å². The van der Waals surface area contributed by atoms with Crippen molar-refractivity contribution in [2.75, 3.05) is 13.2 Å². The van der Waals surface area contributed by atoms with E-state index >= 15 is 0 Å². The summed E-state index contributed by atoms with van der Waals surface area (Å²) in [5.41, 5.74) is 0. The summed E-state index contributed by atoms with van der Waals surface area (Å²) < 4.78 is 21.4. The molecule has 0 aliphatic heterocycles. The van der Waals surface area contributed by atoms with Crippen LogP contribution in [0.5, 0.6) is 0 Å². The molecule has 0 radical (unpaired) electrons. The van der Waals surface area contributed by atoms with Crippen molar-refractivity contribution >= 4 is 7.82 Å². The summed E-state index contributed by atoms with van der Waals surface area (Å²) in [6.07, 6.45) is 6.00. The van der Waals surface area contributed by atoms with Crippen LogP contribution >= 0.6 is 7.82 Å². The van der Waals surface area contributed by atoms with E-state index in [1.165, 1.54) is 0 Å². The van der Waals surface area contributed by atoms with Gasteiger partial charge in [0, 0.05) is 21.1 Å². The molecular weight excluding hydrogens is 335 g/mol. The topological polar surface area (TPSA) is 55.8 Å². The molecular formula is C12H27MoO4P. The molecule has 0 rings (SSSR count). The number of hydrogen-bond acceptors (Lipinski definition) is 3. The largest absolute Gasteiger partial charge is 0.472 e. The van der Waals surface area contributed by atoms with Gasteiger partial charge in [0.05, 0.1) is 13.2 Å². The minimum Gasteiger partial charge on any atom is -0.302 e. The molecule has 0 aliphatic rings. The molecule has 0 spiro atoms. The Morgan fingerprint density at radius 2 is 1.72 bits per heavy atom. The molecule has 0 aromatic carbocycles. The van der Waals surface area contributed by atoms with Gasteiger partial charge < -0.3 is 4.89 Å². The zero-order chi connectivity index (χ0) is 13.1. The van der Waals surface area contributed by atoms with E-state index < -0.39 is 7.82 Å². The Balaban J connectivity index is 0. The number of phosphoric ester groups is 1. The Kier molecular flexibility index (Phi) is 15.0. The second-order valence-corrected chi connectivity index (χ2v) is 5.82. The SMILES string of the molecule is CCCCOP(=O)(O)OCC(CC)CCCC.[Mo]. The summed E-state index contributed by atoms with van der Waals surface area (Å²) in [6.45, 7) is 6.82. The van der Waals surface area contributed by atoms with Crippen molar-refractivity contribution in [3.8, 4) is 0 Å². The first-order valence-corrected chi connectivity index (χ1v) is 8.17. The zero-order valence-corrected chi connectivity index (χ0v) is 14.7. The second-order valence-electron chi connectivity index (χ2n) is 4.37. The van der Waals surface area contributed by atoms with E-state index in [0.29, 0.717) is 12.5 Å². The van der Waals surface area contributed by atoms with Crippen LogP contribution in [0.15, 0.2) is 0 Å². The van der Waals surface area contributed by atoms with E-state index in [4.69, 9.17) is 9.05 Å². The molecule has 0 aromatic heterocycles. The van der Waals surface area contributed by atoms with Crippen molar-refractivity contribution in [3.05, 3.63) is 0 Å². The predicted octanol–water partition coefficient (Wildman–Crippen LogP) is 4.13. The fraction of sp³-hybridized carbons (Fsp3) is 1.00. The smallest absolute Gasteiger partial charge is 0.302 e. The van der Waals surface area contributed by atoms with Crippen molar-refractivity contribution < 1.29 is 39.6 Å². The second kappa shape index (κ2) is 12.8. The Morgan fingerprint density at radius 1 is 1.11 bits per heavy atom. The van der Waals surface area contributed by atoms with Gasteiger partial charge in [0.25, 0.3) is 0 Å². The molecule has 0 heterocycles. The summed E-state index contributed by atoms with van der Waals surface area (Å²) in [4.78, 5) is 9.42. The average Bonchev–Trinajstić information content (AvgIpc) is 2.29. The maximum atomic E-state index is 11.5. The first-order chi connectivity index (χ1) is 8.05. The molecule has 110 valence electrons. The van der Waals surface area contributed by atoms with Crippen molar-refractivity contribution in [2.45, 2.75) is 59.3 Å². The van der Waals surface area contributed by atoms with E-state index in [0.717, 1.165) is 38.5 Å². The summed E-state index contributed by atoms with van der Waals surface area (Å²) in [5.74, 6) is 0.352. The Morgan fingerprint density at radius 3 is 2.22 bits per heavy atom. The predicted molar refractivity (Wildman–Crippen MR) is 69.9 cm³/mol. The van der Waals surface area contributed by atoms with Gasteiger partial charge in [0.1, 0.15) is 0 Å². The van der Waals surface area contributed by atoms with Gasteiger partial charge in [-0.25, -0.2) is 4.57 Å². The van der Waals surface area contributed by atoms with Gasteiger partial charge in [-0.1, -0.05) is 46.5 Å². The zero-order valence-electron chi connectivity index (χ0n) is 11.8. The number of hydrogen-bond donors (Lipinski definition) is 1. The molecule has 2 atom stereocenters. The van der Waals surface area contributed by atoms with E-state index in [1.54, 1.807) is 0 Å². The van der Waals surface area contributed by atoms with Gasteiger partial charge in [-0.2, -0.15) is 0 Å². The first-order valence-electron chi connectivity index (χ1n) is 6.67. The van der Waals surface area contributed by atoms with Gasteiger partial charge in [-0.05, 0) is 18.8 Å². The van der Waals surface area contributed by atoms with Crippen LogP contribution in [0.25, 0.3) is 0 Å². The van der Waals surface area contributed by atoms with Crippen LogP contribution in [0, 0.1) is 5.92 Å². The fourth-order valence-corrected chi connectivity index (χ4v) is 2.29. The van der Waals surface area contributed by atoms with Crippen LogP contribution < -0.4 is 0 Å². The minimum absolute atomic E-state index is 0. The van der Waals surface area contributed by atoms with Crippen molar-refractivity contribution in [2.24, 2.45) is 5.92 Å². The van der Waals surface area contributed by atoms with Gasteiger partial charge in [-0.15, -0.1) is 0 Å². The van der Waals surface area contributed by atoms with Crippen LogP contribution in [0.4, 0.5) is 0 Å². The normalized spacial score (nSPS) is 15.8. The number of phosphoric acid groups is 1. The third-order valence-corrected chi connectivity index (χ3v) is 3.75. The van der Waals surface area contributed by atoms with E-state index in [9.17, 15) is 9.46 Å². The van der Waals surface area contributed by atoms with Crippen molar-refractivity contribution in [1.82, 2.24) is 0 Å². The summed E-state index contributed by atoms with van der Waals surface area (Å²) >= 11 is 0. The summed E-state index contributed by atoms with van der Waals surface area (Å²) in [7, 11) is -3.82. The van der Waals surface area contributed by atoms with E-state index in [2.05, 4.69) is 13.8 Å². The third-order valence-electron chi connectivity index (χ3n) is 2.77. The van der Waals surface area contributed by atoms with Gasteiger partial charge in [0.2, 0.25) is 0 Å². The number of unbranched alkanes of at least 4 members (excludes halogenated alkanes) is 2. The third kappa shape index (κ3) is 11.9. The fourth-order valence-electron chi connectivity index (χ4n) is 1.46. The van der Waals surface area contributed by atoms with Crippen LogP contribution in [0.3, 0.4) is 0 Å². The molecule has 1 N–H and O–H groups in total. The molecule has 0 saturated carbocycles. The summed E-state index contributed by atoms with van der Waals surface area (Å²) in [6, 6.07) is 0. The summed E-state index contributed by atoms with van der Waals surface area (Å²) in [5, 5.41) is 0. The molecule has 0 aliphatic carbocycles. The van der Waals surface area contributed by atoms with Crippen molar-refractivity contribution in [3.63, 3.8) is 0 Å². The van der Waals surface area contributed by atoms with Crippen LogP contribution in [0.2, 0.25) is 0 Å². The van der Waals surface area contributed by atoms with Gasteiger partial charge in [-0.3, -0.25) is 9.05 Å². The monoisotopic (exact) mass is 364 g/mol. The Hall–Kier alpha value is 0.798. The average molecular weight is 362 g/mol. The maximum absolute atomic E-state index is 11.5. The van der Waals surface area contributed by atoms with E-state index in [1.807, 2.05) is 6.92 Å². The molecule has 0 saturated heterocycles.